The summed E-state index contributed by atoms with van der Waals surface area (Å²) in [5.74, 6) is 3.63. The Bertz CT molecular complexity index is 633. The van der Waals surface area contributed by atoms with Crippen LogP contribution in [0.25, 0.3) is 6.08 Å². The maximum absolute atomic E-state index is 12.2. The predicted octanol–water partition coefficient (Wildman–Crippen LogP) is 8.79. The molecule has 1 aromatic rings. The summed E-state index contributed by atoms with van der Waals surface area (Å²) in [5.41, 5.74) is 0.909. The van der Waals surface area contributed by atoms with E-state index >= 15 is 0 Å². The monoisotopic (exact) mass is 422 g/mol. The van der Waals surface area contributed by atoms with Crippen molar-refractivity contribution in [1.82, 2.24) is 0 Å². The summed E-state index contributed by atoms with van der Waals surface area (Å²) < 4.78 is 40.5. The molecule has 0 N–H and O–H groups in total. The summed E-state index contributed by atoms with van der Waals surface area (Å²) in [5, 5.41) is 0. The molecule has 0 heterocycles. The minimum atomic E-state index is -4.63. The maximum atomic E-state index is 12.2. The summed E-state index contributed by atoms with van der Waals surface area (Å²) >= 11 is 0. The van der Waals surface area contributed by atoms with Gasteiger partial charge >= 0.3 is 6.36 Å². The number of allylic oxidation sites excluding steroid dienone is 1. The van der Waals surface area contributed by atoms with Crippen LogP contribution >= 0.6 is 0 Å². The van der Waals surface area contributed by atoms with Gasteiger partial charge in [0.25, 0.3) is 0 Å². The van der Waals surface area contributed by atoms with E-state index in [0.29, 0.717) is 0 Å². The van der Waals surface area contributed by atoms with Crippen LogP contribution < -0.4 is 4.74 Å². The lowest BCUT2D eigenvalue weighted by atomic mass is 9.68. The molecule has 2 fully saturated rings. The zero-order valence-electron chi connectivity index (χ0n) is 18.3. The Morgan fingerprint density at radius 1 is 0.833 bits per heavy atom. The third-order valence-corrected chi connectivity index (χ3v) is 7.31. The molecule has 0 radical (unpaired) electrons. The molecule has 0 aliphatic heterocycles. The standard InChI is InChI=1S/C26H37F3O/c1-2-5-20-8-14-23(15-9-20)24-16-10-21(11-17-24)6-3-4-7-22-12-18-25(19-13-22)30-26(27,28)29/h4,7,12-13,18-21,23-24H,2-3,5-6,8-11,14-17H2,1H3. The van der Waals surface area contributed by atoms with Gasteiger partial charge in [0.15, 0.2) is 0 Å². The zero-order chi connectivity index (χ0) is 21.4. The molecule has 3 rings (SSSR count). The average molecular weight is 423 g/mol. The number of hydrogen-bond acceptors (Lipinski definition) is 1. The van der Waals surface area contributed by atoms with Crippen LogP contribution in [0.3, 0.4) is 0 Å². The van der Waals surface area contributed by atoms with Gasteiger partial charge in [-0.25, -0.2) is 0 Å². The van der Waals surface area contributed by atoms with Crippen molar-refractivity contribution < 1.29 is 17.9 Å². The topological polar surface area (TPSA) is 9.23 Å². The van der Waals surface area contributed by atoms with Crippen molar-refractivity contribution in [3.8, 4) is 5.75 Å². The van der Waals surface area contributed by atoms with E-state index in [1.165, 1.54) is 82.8 Å². The van der Waals surface area contributed by atoms with E-state index in [1.807, 2.05) is 6.08 Å². The fourth-order valence-corrected chi connectivity index (χ4v) is 5.64. The number of rotatable bonds is 8. The molecule has 2 saturated carbocycles. The van der Waals surface area contributed by atoms with Crippen LogP contribution in [0.5, 0.6) is 5.75 Å². The SMILES string of the molecule is CCCC1CCC(C2CCC(CCC=Cc3ccc(OC(F)(F)F)cc3)CC2)CC1. The highest BCUT2D eigenvalue weighted by Crippen LogP contribution is 2.43. The van der Waals surface area contributed by atoms with E-state index in [9.17, 15) is 13.2 Å². The maximum Gasteiger partial charge on any atom is 0.573 e. The Morgan fingerprint density at radius 2 is 1.37 bits per heavy atom. The van der Waals surface area contributed by atoms with Gasteiger partial charge in [-0.3, -0.25) is 0 Å². The van der Waals surface area contributed by atoms with Gasteiger partial charge in [0.1, 0.15) is 5.75 Å². The van der Waals surface area contributed by atoms with Gasteiger partial charge in [-0.05, 0) is 79.9 Å². The van der Waals surface area contributed by atoms with Gasteiger partial charge in [0.2, 0.25) is 0 Å². The number of ether oxygens (including phenoxy) is 1. The number of benzene rings is 1. The van der Waals surface area contributed by atoms with Crippen LogP contribution in [-0.4, -0.2) is 6.36 Å². The first-order chi connectivity index (χ1) is 14.4. The first-order valence-electron chi connectivity index (χ1n) is 11.9. The van der Waals surface area contributed by atoms with Crippen LogP contribution in [-0.2, 0) is 0 Å². The zero-order valence-corrected chi connectivity index (χ0v) is 18.3. The second-order valence-corrected chi connectivity index (χ2v) is 9.45. The number of halogens is 3. The quantitative estimate of drug-likeness (QED) is 0.407. The van der Waals surface area contributed by atoms with Crippen molar-refractivity contribution in [1.29, 1.82) is 0 Å². The highest BCUT2D eigenvalue weighted by molar-refractivity contribution is 5.50. The van der Waals surface area contributed by atoms with Gasteiger partial charge in [-0.1, -0.05) is 69.7 Å². The Morgan fingerprint density at radius 3 is 1.87 bits per heavy atom. The first kappa shape index (κ1) is 23.2. The summed E-state index contributed by atoms with van der Waals surface area (Å²) in [6.45, 7) is 2.31. The average Bonchev–Trinajstić information content (AvgIpc) is 2.73. The summed E-state index contributed by atoms with van der Waals surface area (Å²) in [6.07, 6.45) is 16.0. The van der Waals surface area contributed by atoms with Crippen LogP contribution in [0.2, 0.25) is 0 Å². The van der Waals surface area contributed by atoms with E-state index < -0.39 is 6.36 Å². The highest BCUT2D eigenvalue weighted by Gasteiger charge is 2.31. The van der Waals surface area contributed by atoms with E-state index in [4.69, 9.17) is 0 Å². The van der Waals surface area contributed by atoms with Gasteiger partial charge in [-0.15, -0.1) is 13.2 Å². The van der Waals surface area contributed by atoms with E-state index in [1.54, 1.807) is 12.1 Å². The number of hydrogen-bond donors (Lipinski definition) is 0. The first-order valence-corrected chi connectivity index (χ1v) is 11.9. The Kier molecular flexibility index (Phi) is 8.71. The summed E-state index contributed by atoms with van der Waals surface area (Å²) in [6, 6.07) is 6.06. The molecule has 0 bridgehead atoms. The Balaban J connectivity index is 1.32. The minimum absolute atomic E-state index is 0.171. The minimum Gasteiger partial charge on any atom is -0.406 e. The second-order valence-electron chi connectivity index (χ2n) is 9.45. The van der Waals surface area contributed by atoms with Crippen LogP contribution in [0.15, 0.2) is 30.3 Å². The molecular weight excluding hydrogens is 385 g/mol. The molecule has 2 aliphatic rings. The molecule has 2 aliphatic carbocycles. The van der Waals surface area contributed by atoms with Crippen molar-refractivity contribution in [2.75, 3.05) is 0 Å². The van der Waals surface area contributed by atoms with Crippen LogP contribution in [0.1, 0.15) is 89.5 Å². The van der Waals surface area contributed by atoms with Crippen molar-refractivity contribution in [3.63, 3.8) is 0 Å². The highest BCUT2D eigenvalue weighted by atomic mass is 19.4. The van der Waals surface area contributed by atoms with Gasteiger partial charge < -0.3 is 4.74 Å². The largest absolute Gasteiger partial charge is 0.573 e. The lowest BCUT2D eigenvalue weighted by Gasteiger charge is -2.38. The molecule has 0 saturated heterocycles. The Labute approximate surface area is 180 Å². The van der Waals surface area contributed by atoms with E-state index in [0.717, 1.165) is 35.7 Å². The second kappa shape index (κ2) is 11.2. The fourth-order valence-electron chi connectivity index (χ4n) is 5.64. The summed E-state index contributed by atoms with van der Waals surface area (Å²) in [7, 11) is 0. The molecule has 0 amide bonds. The third-order valence-electron chi connectivity index (χ3n) is 7.31. The number of alkyl halides is 3. The van der Waals surface area contributed by atoms with Gasteiger partial charge in [0, 0.05) is 0 Å². The van der Waals surface area contributed by atoms with E-state index in [2.05, 4.69) is 17.7 Å². The molecule has 0 atom stereocenters. The summed E-state index contributed by atoms with van der Waals surface area (Å²) in [4.78, 5) is 0. The molecule has 1 nitrogen and oxygen atoms in total. The van der Waals surface area contributed by atoms with Crippen LogP contribution in [0.4, 0.5) is 13.2 Å². The molecule has 4 heteroatoms. The lowest BCUT2D eigenvalue weighted by molar-refractivity contribution is -0.274. The molecular formula is C26H37F3O. The fraction of sp³-hybridized carbons (Fsp3) is 0.692. The molecule has 0 aromatic heterocycles. The Hall–Kier alpha value is -1.45. The van der Waals surface area contributed by atoms with Crippen molar-refractivity contribution in [3.05, 3.63) is 35.9 Å². The van der Waals surface area contributed by atoms with Gasteiger partial charge in [-0.2, -0.15) is 0 Å². The van der Waals surface area contributed by atoms with Gasteiger partial charge in [0.05, 0.1) is 0 Å². The molecule has 0 unspecified atom stereocenters. The van der Waals surface area contributed by atoms with Crippen molar-refractivity contribution in [2.45, 2.75) is 90.3 Å². The molecule has 30 heavy (non-hydrogen) atoms. The molecule has 168 valence electrons. The van der Waals surface area contributed by atoms with Crippen molar-refractivity contribution >= 4 is 6.08 Å². The molecule has 0 spiro atoms. The smallest absolute Gasteiger partial charge is 0.406 e. The predicted molar refractivity (Wildman–Crippen MR) is 117 cm³/mol. The molecule has 1 aromatic carbocycles. The van der Waals surface area contributed by atoms with Crippen LogP contribution in [0, 0.1) is 23.7 Å². The van der Waals surface area contributed by atoms with E-state index in [-0.39, 0.29) is 5.75 Å². The third kappa shape index (κ3) is 7.67. The lowest BCUT2D eigenvalue weighted by Crippen LogP contribution is -2.25. The normalized spacial score (nSPS) is 28.0. The van der Waals surface area contributed by atoms with Crippen molar-refractivity contribution in [2.24, 2.45) is 23.7 Å².